The second-order valence-corrected chi connectivity index (χ2v) is 12.3. The number of benzene rings is 2. The number of urea groups is 1. The van der Waals surface area contributed by atoms with Gasteiger partial charge in [-0.25, -0.2) is 9.78 Å². The minimum atomic E-state index is -4.51. The number of likely N-dealkylation sites (N-methyl/N-ethyl adjacent to an activating group) is 1. The Morgan fingerprint density at radius 3 is 2.45 bits per heavy atom. The fraction of sp³-hybridized carbons (Fsp3) is 0.393. The van der Waals surface area contributed by atoms with E-state index in [-0.39, 0.29) is 53.3 Å². The molecule has 16 heteroatoms. The number of fused-ring (bicyclic) bond motifs is 1. The van der Waals surface area contributed by atoms with Gasteiger partial charge < -0.3 is 29.5 Å². The van der Waals surface area contributed by atoms with Crippen molar-refractivity contribution in [3.8, 4) is 5.75 Å². The van der Waals surface area contributed by atoms with E-state index in [4.69, 9.17) is 4.74 Å². The van der Waals surface area contributed by atoms with Crippen molar-refractivity contribution in [3.63, 3.8) is 0 Å². The molecule has 0 aliphatic carbocycles. The van der Waals surface area contributed by atoms with E-state index in [1.165, 1.54) is 52.1 Å². The number of rotatable bonds is 8. The van der Waals surface area contributed by atoms with Gasteiger partial charge in [0.05, 0.1) is 36.6 Å². The maximum absolute atomic E-state index is 13.6. The molecule has 3 aromatic rings. The van der Waals surface area contributed by atoms with Crippen molar-refractivity contribution in [1.29, 1.82) is 0 Å². The van der Waals surface area contributed by atoms with Crippen LogP contribution in [0.1, 0.15) is 29.8 Å². The molecule has 2 heterocycles. The van der Waals surface area contributed by atoms with Crippen molar-refractivity contribution in [2.75, 3.05) is 36.8 Å². The van der Waals surface area contributed by atoms with Crippen molar-refractivity contribution in [2.45, 2.75) is 37.2 Å². The Morgan fingerprint density at radius 2 is 1.86 bits per heavy atom. The molecule has 0 saturated carbocycles. The zero-order chi connectivity index (χ0) is 32.4. The van der Waals surface area contributed by atoms with Crippen molar-refractivity contribution < 1.29 is 41.0 Å². The molecule has 238 valence electrons. The summed E-state index contributed by atoms with van der Waals surface area (Å²) in [6, 6.07) is 7.05. The predicted molar refractivity (Wildman–Crippen MR) is 155 cm³/mol. The molecule has 1 aliphatic heterocycles. The zero-order valence-corrected chi connectivity index (χ0v) is 25.2. The van der Waals surface area contributed by atoms with Crippen molar-refractivity contribution in [3.05, 3.63) is 66.1 Å². The quantitative estimate of drug-likeness (QED) is 0.342. The van der Waals surface area contributed by atoms with Crippen LogP contribution in [0, 0.1) is 5.92 Å². The molecule has 0 bridgehead atoms. The summed E-state index contributed by atoms with van der Waals surface area (Å²) in [5, 5.41) is 12.2. The fourth-order valence-corrected chi connectivity index (χ4v) is 5.59. The van der Waals surface area contributed by atoms with Crippen molar-refractivity contribution >= 4 is 33.3 Å². The minimum absolute atomic E-state index is 0.0245. The summed E-state index contributed by atoms with van der Waals surface area (Å²) in [4.78, 5) is 33.2. The number of nitrogens with zero attached hydrogens (tertiary/aromatic N) is 4. The molecular formula is C28H33F3N6O6S. The SMILES string of the molecule is C[C@@H]1CN([C@H](C)CO)C(=O)c2cc(NS(=O)(=O)c3cn(C)cn3)ccc2O[C@H]1CN(C)C(=O)Nc1ccc(C(F)(F)F)cc1. The van der Waals surface area contributed by atoms with Gasteiger partial charge in [-0.3, -0.25) is 9.52 Å². The van der Waals surface area contributed by atoms with E-state index >= 15 is 0 Å². The Kier molecular flexibility index (Phi) is 9.44. The maximum Gasteiger partial charge on any atom is 0.416 e. The first-order valence-electron chi connectivity index (χ1n) is 13.5. The third-order valence-electron chi connectivity index (χ3n) is 7.14. The van der Waals surface area contributed by atoms with Gasteiger partial charge in [-0.05, 0) is 49.4 Å². The third-order valence-corrected chi connectivity index (χ3v) is 8.40. The van der Waals surface area contributed by atoms with Gasteiger partial charge in [0.2, 0.25) is 0 Å². The van der Waals surface area contributed by atoms with Crippen LogP contribution in [-0.2, 0) is 23.2 Å². The summed E-state index contributed by atoms with van der Waals surface area (Å²) in [5.41, 5.74) is -0.550. The lowest BCUT2D eigenvalue weighted by molar-refractivity contribution is -0.137. The van der Waals surface area contributed by atoms with E-state index in [0.29, 0.717) is 0 Å². The molecule has 12 nitrogen and oxygen atoms in total. The number of hydrogen-bond donors (Lipinski definition) is 3. The molecule has 44 heavy (non-hydrogen) atoms. The topological polar surface area (TPSA) is 146 Å². The predicted octanol–water partition coefficient (Wildman–Crippen LogP) is 3.62. The molecule has 0 radical (unpaired) electrons. The first kappa shape index (κ1) is 32.6. The number of amides is 3. The van der Waals surface area contributed by atoms with Gasteiger partial charge in [0.15, 0.2) is 5.03 Å². The molecule has 1 aliphatic rings. The van der Waals surface area contributed by atoms with E-state index in [9.17, 15) is 36.3 Å². The van der Waals surface area contributed by atoms with Crippen LogP contribution in [0.3, 0.4) is 0 Å². The van der Waals surface area contributed by atoms with Crippen LogP contribution in [0.4, 0.5) is 29.3 Å². The van der Waals surface area contributed by atoms with Crippen molar-refractivity contribution in [1.82, 2.24) is 19.4 Å². The largest absolute Gasteiger partial charge is 0.487 e. The molecular weight excluding hydrogens is 605 g/mol. The number of aliphatic hydroxyl groups excluding tert-OH is 1. The monoisotopic (exact) mass is 638 g/mol. The number of imidazole rings is 1. The van der Waals surface area contributed by atoms with Gasteiger partial charge in [-0.15, -0.1) is 0 Å². The van der Waals surface area contributed by atoms with Crippen LogP contribution in [0.2, 0.25) is 0 Å². The number of hydrogen-bond acceptors (Lipinski definition) is 7. The Labute approximate surface area is 252 Å². The lowest BCUT2D eigenvalue weighted by Gasteiger charge is -2.38. The second-order valence-electron chi connectivity index (χ2n) is 10.7. The average Bonchev–Trinajstić information content (AvgIpc) is 3.41. The highest BCUT2D eigenvalue weighted by atomic mass is 32.2. The molecule has 1 aromatic heterocycles. The van der Waals surface area contributed by atoms with Crippen LogP contribution in [-0.4, -0.2) is 83.7 Å². The normalized spacial score (nSPS) is 18.0. The fourth-order valence-electron chi connectivity index (χ4n) is 4.55. The lowest BCUT2D eigenvalue weighted by Crippen LogP contribution is -2.50. The van der Waals surface area contributed by atoms with Gasteiger partial charge in [0.1, 0.15) is 11.9 Å². The molecule has 4 rings (SSSR count). The molecule has 0 spiro atoms. The molecule has 2 aromatic carbocycles. The zero-order valence-electron chi connectivity index (χ0n) is 24.4. The van der Waals surface area contributed by atoms with E-state index < -0.39 is 45.8 Å². The Bertz CT molecular complexity index is 1610. The van der Waals surface area contributed by atoms with E-state index in [1.54, 1.807) is 14.0 Å². The summed E-state index contributed by atoms with van der Waals surface area (Å²) in [6.07, 6.45) is -2.52. The second kappa shape index (κ2) is 12.7. The molecule has 0 fully saturated rings. The number of nitrogens with one attached hydrogen (secondary N) is 2. The summed E-state index contributed by atoms with van der Waals surface area (Å²) in [5.74, 6) is -0.692. The van der Waals surface area contributed by atoms with E-state index in [1.807, 2.05) is 6.92 Å². The van der Waals surface area contributed by atoms with E-state index in [2.05, 4.69) is 15.0 Å². The van der Waals surface area contributed by atoms with Gasteiger partial charge in [0.25, 0.3) is 15.9 Å². The number of anilines is 2. The molecule has 0 saturated heterocycles. The highest BCUT2D eigenvalue weighted by Crippen LogP contribution is 2.32. The Balaban J connectivity index is 1.57. The summed E-state index contributed by atoms with van der Waals surface area (Å²) >= 11 is 0. The molecule has 3 N–H and O–H groups in total. The maximum atomic E-state index is 13.6. The van der Waals surface area contributed by atoms with Gasteiger partial charge in [-0.2, -0.15) is 21.6 Å². The number of ether oxygens (including phenoxy) is 1. The Hall–Kier alpha value is -4.31. The van der Waals surface area contributed by atoms with Gasteiger partial charge >= 0.3 is 12.2 Å². The number of aryl methyl sites for hydroxylation is 1. The summed E-state index contributed by atoms with van der Waals surface area (Å²) in [7, 11) is -0.950. The average molecular weight is 639 g/mol. The summed E-state index contributed by atoms with van der Waals surface area (Å²) < 4.78 is 74.4. The number of halogens is 3. The highest BCUT2D eigenvalue weighted by molar-refractivity contribution is 7.92. The van der Waals surface area contributed by atoms with Crippen LogP contribution >= 0.6 is 0 Å². The molecule has 3 atom stereocenters. The highest BCUT2D eigenvalue weighted by Gasteiger charge is 2.35. The first-order valence-corrected chi connectivity index (χ1v) is 15.0. The number of aromatic nitrogens is 2. The first-order chi connectivity index (χ1) is 20.6. The number of alkyl halides is 3. The van der Waals surface area contributed by atoms with E-state index in [0.717, 1.165) is 24.3 Å². The standard InChI is InChI=1S/C28H33F3N6O6S/c1-17-12-37(18(2)15-38)26(39)22-11-21(34-44(41,42)25-14-35(3)16-32-25)9-10-23(22)43-24(17)13-36(4)27(40)33-20-7-5-19(6-8-20)28(29,30)31/h5-11,14,16-18,24,34,38H,12-13,15H2,1-4H3,(H,33,40)/t17-,18-,24+/m1/s1. The molecule has 0 unspecified atom stereocenters. The Morgan fingerprint density at radius 1 is 1.20 bits per heavy atom. The smallest absolute Gasteiger partial charge is 0.416 e. The van der Waals surface area contributed by atoms with Crippen molar-refractivity contribution in [2.24, 2.45) is 13.0 Å². The lowest BCUT2D eigenvalue weighted by atomic mass is 9.99. The van der Waals surface area contributed by atoms with Gasteiger partial charge in [0, 0.05) is 44.1 Å². The molecule has 3 amide bonds. The summed E-state index contributed by atoms with van der Waals surface area (Å²) in [6.45, 7) is 3.32. The number of carbonyl (C=O) groups is 2. The van der Waals surface area contributed by atoms with Crippen LogP contribution in [0.25, 0.3) is 0 Å². The number of sulfonamides is 1. The van der Waals surface area contributed by atoms with Crippen LogP contribution < -0.4 is 14.8 Å². The minimum Gasteiger partial charge on any atom is -0.487 e. The van der Waals surface area contributed by atoms with Crippen LogP contribution in [0.5, 0.6) is 5.75 Å². The third kappa shape index (κ3) is 7.42. The van der Waals surface area contributed by atoms with Gasteiger partial charge in [-0.1, -0.05) is 6.92 Å². The number of carbonyl (C=O) groups excluding carboxylic acids is 2. The van der Waals surface area contributed by atoms with Crippen LogP contribution in [0.15, 0.2) is 60.0 Å². The number of aliphatic hydroxyl groups is 1.